The van der Waals surface area contributed by atoms with Gasteiger partial charge in [0, 0.05) is 6.54 Å². The number of aromatic hydroxyl groups is 1. The molecule has 1 atom stereocenters. The first-order chi connectivity index (χ1) is 16.1. The van der Waals surface area contributed by atoms with Crippen molar-refractivity contribution in [1.29, 1.82) is 0 Å². The van der Waals surface area contributed by atoms with Gasteiger partial charge in [-0.25, -0.2) is 0 Å². The first-order valence-corrected chi connectivity index (χ1v) is 11.2. The number of aliphatic hydroxyl groups excluding tert-OH is 1. The van der Waals surface area contributed by atoms with Gasteiger partial charge in [-0.1, -0.05) is 61.9 Å². The van der Waals surface area contributed by atoms with E-state index in [1.807, 2.05) is 24.3 Å². The maximum absolute atomic E-state index is 10.5. The van der Waals surface area contributed by atoms with E-state index in [0.717, 1.165) is 18.7 Å². The molecule has 4 N–H and O–H groups in total. The maximum Gasteiger partial charge on any atom is 0.211 e. The number of hydrogen-bond acceptors (Lipinski definition) is 5. The Morgan fingerprint density at radius 3 is 2.30 bits per heavy atom. The highest BCUT2D eigenvalue weighted by atomic mass is 16.5. The minimum atomic E-state index is -0.728. The van der Waals surface area contributed by atoms with E-state index in [9.17, 15) is 15.0 Å². The number of methoxy groups -OCH3 is 1. The van der Waals surface area contributed by atoms with Crippen LogP contribution in [0.3, 0.4) is 0 Å². The number of anilines is 1. The molecule has 6 nitrogen and oxygen atoms in total. The Balaban J connectivity index is 0.000000357. The van der Waals surface area contributed by atoms with Gasteiger partial charge in [0.15, 0.2) is 0 Å². The second-order valence-corrected chi connectivity index (χ2v) is 7.59. The van der Waals surface area contributed by atoms with Crippen LogP contribution in [0.4, 0.5) is 5.69 Å². The average Bonchev–Trinajstić information content (AvgIpc) is 2.85. The Hall–Kier alpha value is -3.35. The Kier molecular flexibility index (Phi) is 11.5. The molecule has 1 unspecified atom stereocenters. The second kappa shape index (κ2) is 14.7. The first kappa shape index (κ1) is 25.9. The number of carbonyl (C=O) groups excluding carboxylic acids is 1. The number of hydrogen-bond donors (Lipinski definition) is 4. The van der Waals surface area contributed by atoms with Crippen LogP contribution in [-0.2, 0) is 17.6 Å². The van der Waals surface area contributed by atoms with Gasteiger partial charge in [0.2, 0.25) is 6.41 Å². The molecule has 1 amide bonds. The Labute approximate surface area is 196 Å². The van der Waals surface area contributed by atoms with Gasteiger partial charge in [-0.15, -0.1) is 0 Å². The monoisotopic (exact) mass is 450 g/mol. The topological polar surface area (TPSA) is 90.8 Å². The van der Waals surface area contributed by atoms with Gasteiger partial charge < -0.3 is 25.6 Å². The zero-order chi connectivity index (χ0) is 23.9. The largest absolute Gasteiger partial charge is 0.506 e. The standard InChI is InChI=1S/C18H22N2O4.C9H12/c1-24-15-5-2-13(3-6-15)8-9-19-11-18(23)14-4-7-17(22)16(10-14)20-12-21;1-2-6-9-7-4-3-5-8-9/h2-7,10,12,18-19,22-23H,8-9,11H2,1H3,(H,20,21);3-5,7-8H,2,6H2,1H3. The number of carbonyl (C=O) groups is 1. The van der Waals surface area contributed by atoms with Crippen molar-refractivity contribution in [1.82, 2.24) is 5.32 Å². The van der Waals surface area contributed by atoms with Gasteiger partial charge in [0.1, 0.15) is 11.5 Å². The van der Waals surface area contributed by atoms with E-state index >= 15 is 0 Å². The Bertz CT molecular complexity index is 946. The molecule has 0 radical (unpaired) electrons. The molecular formula is C27H34N2O4. The first-order valence-electron chi connectivity index (χ1n) is 11.2. The summed E-state index contributed by atoms with van der Waals surface area (Å²) in [6.07, 6.45) is 3.04. The van der Waals surface area contributed by atoms with Gasteiger partial charge in [-0.05, 0) is 60.3 Å². The lowest BCUT2D eigenvalue weighted by Gasteiger charge is -2.14. The molecule has 176 valence electrons. The van der Waals surface area contributed by atoms with Crippen LogP contribution in [0.15, 0.2) is 72.8 Å². The molecule has 0 aliphatic heterocycles. The van der Waals surface area contributed by atoms with Crippen LogP contribution >= 0.6 is 0 Å². The lowest BCUT2D eigenvalue weighted by atomic mass is 10.1. The third kappa shape index (κ3) is 9.35. The van der Waals surface area contributed by atoms with E-state index in [4.69, 9.17) is 4.74 Å². The summed E-state index contributed by atoms with van der Waals surface area (Å²) < 4.78 is 5.12. The molecule has 3 aromatic rings. The number of phenols is 1. The highest BCUT2D eigenvalue weighted by Gasteiger charge is 2.10. The minimum absolute atomic E-state index is 0.0366. The summed E-state index contributed by atoms with van der Waals surface area (Å²) in [4.78, 5) is 10.5. The number of aryl methyl sites for hydroxylation is 1. The average molecular weight is 451 g/mol. The third-order valence-electron chi connectivity index (χ3n) is 5.09. The number of benzene rings is 3. The molecule has 0 aliphatic rings. The number of phenolic OH excluding ortho intramolecular Hbond substituents is 1. The van der Waals surface area contributed by atoms with Crippen molar-refractivity contribution >= 4 is 12.1 Å². The summed E-state index contributed by atoms with van der Waals surface area (Å²) in [5.41, 5.74) is 3.52. The molecule has 3 aromatic carbocycles. The van der Waals surface area contributed by atoms with Crippen molar-refractivity contribution in [3.63, 3.8) is 0 Å². The fourth-order valence-electron chi connectivity index (χ4n) is 3.25. The Morgan fingerprint density at radius 2 is 1.67 bits per heavy atom. The fraction of sp³-hybridized carbons (Fsp3) is 0.296. The molecule has 0 heterocycles. The SMILES string of the molecule is CCCc1ccccc1.COc1ccc(CCNCC(O)c2ccc(O)c(NC=O)c2)cc1. The lowest BCUT2D eigenvalue weighted by molar-refractivity contribution is -0.105. The summed E-state index contributed by atoms with van der Waals surface area (Å²) in [5.74, 6) is 0.791. The molecule has 0 saturated heterocycles. The van der Waals surface area contributed by atoms with Gasteiger partial charge in [0.05, 0.1) is 18.9 Å². The van der Waals surface area contributed by atoms with E-state index in [-0.39, 0.29) is 11.4 Å². The lowest BCUT2D eigenvalue weighted by Crippen LogP contribution is -2.23. The Morgan fingerprint density at radius 1 is 0.970 bits per heavy atom. The molecule has 0 saturated carbocycles. The molecule has 3 rings (SSSR count). The van der Waals surface area contributed by atoms with Crippen LogP contribution in [-0.4, -0.2) is 36.8 Å². The molecule has 0 bridgehead atoms. The highest BCUT2D eigenvalue weighted by Crippen LogP contribution is 2.26. The summed E-state index contributed by atoms with van der Waals surface area (Å²) in [6.45, 7) is 3.30. The van der Waals surface area contributed by atoms with Crippen LogP contribution in [0.1, 0.15) is 36.1 Å². The van der Waals surface area contributed by atoms with E-state index in [0.29, 0.717) is 18.5 Å². The van der Waals surface area contributed by atoms with Crippen molar-refractivity contribution in [2.45, 2.75) is 32.3 Å². The van der Waals surface area contributed by atoms with Crippen LogP contribution in [0, 0.1) is 0 Å². The van der Waals surface area contributed by atoms with Crippen LogP contribution in [0.25, 0.3) is 0 Å². The summed E-state index contributed by atoms with van der Waals surface area (Å²) in [7, 11) is 1.64. The molecule has 0 aliphatic carbocycles. The quantitative estimate of drug-likeness (QED) is 0.197. The number of nitrogens with one attached hydrogen (secondary N) is 2. The highest BCUT2D eigenvalue weighted by molar-refractivity contribution is 5.75. The normalized spacial score (nSPS) is 11.1. The maximum atomic E-state index is 10.5. The van der Waals surface area contributed by atoms with Crippen LogP contribution in [0.2, 0.25) is 0 Å². The smallest absolute Gasteiger partial charge is 0.211 e. The fourth-order valence-corrected chi connectivity index (χ4v) is 3.25. The number of ether oxygens (including phenoxy) is 1. The molecular weight excluding hydrogens is 416 g/mol. The molecule has 0 aromatic heterocycles. The second-order valence-electron chi connectivity index (χ2n) is 7.59. The van der Waals surface area contributed by atoms with E-state index in [2.05, 4.69) is 47.9 Å². The zero-order valence-electron chi connectivity index (χ0n) is 19.3. The van der Waals surface area contributed by atoms with E-state index in [1.165, 1.54) is 30.0 Å². The summed E-state index contributed by atoms with van der Waals surface area (Å²) in [6, 6.07) is 23.1. The molecule has 0 fully saturated rings. The van der Waals surface area contributed by atoms with Crippen molar-refractivity contribution in [3.05, 3.63) is 89.5 Å². The minimum Gasteiger partial charge on any atom is -0.506 e. The zero-order valence-corrected chi connectivity index (χ0v) is 19.3. The predicted molar refractivity (Wildman–Crippen MR) is 133 cm³/mol. The van der Waals surface area contributed by atoms with E-state index < -0.39 is 6.10 Å². The number of rotatable bonds is 11. The summed E-state index contributed by atoms with van der Waals surface area (Å²) in [5, 5.41) is 25.4. The van der Waals surface area contributed by atoms with Crippen molar-refractivity contribution in [2.75, 3.05) is 25.5 Å². The number of amides is 1. The summed E-state index contributed by atoms with van der Waals surface area (Å²) >= 11 is 0. The van der Waals surface area contributed by atoms with Gasteiger partial charge >= 0.3 is 0 Å². The van der Waals surface area contributed by atoms with Gasteiger partial charge in [-0.3, -0.25) is 4.79 Å². The van der Waals surface area contributed by atoms with Crippen molar-refractivity contribution in [2.24, 2.45) is 0 Å². The predicted octanol–water partition coefficient (Wildman–Crippen LogP) is 4.47. The van der Waals surface area contributed by atoms with Gasteiger partial charge in [-0.2, -0.15) is 0 Å². The van der Waals surface area contributed by atoms with Crippen molar-refractivity contribution < 1.29 is 19.7 Å². The molecule has 0 spiro atoms. The van der Waals surface area contributed by atoms with E-state index in [1.54, 1.807) is 19.2 Å². The number of aliphatic hydroxyl groups is 1. The molecule has 6 heteroatoms. The van der Waals surface area contributed by atoms with Crippen LogP contribution < -0.4 is 15.4 Å². The van der Waals surface area contributed by atoms with Crippen LogP contribution in [0.5, 0.6) is 11.5 Å². The van der Waals surface area contributed by atoms with Gasteiger partial charge in [0.25, 0.3) is 0 Å². The van der Waals surface area contributed by atoms with Crippen molar-refractivity contribution in [3.8, 4) is 11.5 Å². The molecule has 33 heavy (non-hydrogen) atoms. The third-order valence-corrected chi connectivity index (χ3v) is 5.09.